The number of hydrogen-bond donors (Lipinski definition) is 1. The molecule has 0 saturated carbocycles. The average molecular weight is 312 g/mol. The minimum absolute atomic E-state index is 0.536. The molecule has 0 bridgehead atoms. The van der Waals surface area contributed by atoms with E-state index in [-0.39, 0.29) is 0 Å². The number of aryl methyl sites for hydroxylation is 2. The summed E-state index contributed by atoms with van der Waals surface area (Å²) in [6.45, 7) is 8.15. The van der Waals surface area contributed by atoms with E-state index in [0.717, 1.165) is 36.4 Å². The van der Waals surface area contributed by atoms with Gasteiger partial charge >= 0.3 is 0 Å². The fourth-order valence-corrected chi connectivity index (χ4v) is 3.71. The molecule has 108 valence electrons. The number of likely N-dealkylation sites (N-methyl/N-ethyl adjacent to an activating group) is 1. The second-order valence-corrected chi connectivity index (χ2v) is 6.76. The van der Waals surface area contributed by atoms with E-state index in [1.807, 2.05) is 0 Å². The largest absolute Gasteiger partial charge is 0.304 e. The zero-order chi connectivity index (χ0) is 14.3. The number of nitrogens with zero attached hydrogens (tertiary/aromatic N) is 4. The molecule has 2 aromatic heterocycles. The lowest BCUT2D eigenvalue weighted by molar-refractivity contribution is 0.178. The molecule has 0 atom stereocenters. The predicted molar refractivity (Wildman–Crippen MR) is 84.6 cm³/mol. The fourth-order valence-electron chi connectivity index (χ4n) is 2.31. The van der Waals surface area contributed by atoms with E-state index in [9.17, 15) is 0 Å². The van der Waals surface area contributed by atoms with Crippen LogP contribution in [-0.2, 0) is 0 Å². The lowest BCUT2D eigenvalue weighted by Crippen LogP contribution is -2.47. The normalized spacial score (nSPS) is 17.8. The minimum Gasteiger partial charge on any atom is -0.304 e. The third kappa shape index (κ3) is 2.61. The van der Waals surface area contributed by atoms with Crippen LogP contribution < -0.4 is 5.43 Å². The van der Waals surface area contributed by atoms with Crippen molar-refractivity contribution in [1.29, 1.82) is 0 Å². The zero-order valence-corrected chi connectivity index (χ0v) is 13.5. The maximum absolute atomic E-state index is 6.31. The van der Waals surface area contributed by atoms with E-state index in [1.54, 1.807) is 11.3 Å². The second kappa shape index (κ2) is 5.44. The molecule has 5 nitrogen and oxygen atoms in total. The van der Waals surface area contributed by atoms with Crippen molar-refractivity contribution in [3.8, 4) is 0 Å². The molecule has 20 heavy (non-hydrogen) atoms. The molecule has 3 heterocycles. The van der Waals surface area contributed by atoms with E-state index in [1.165, 1.54) is 10.4 Å². The Morgan fingerprint density at radius 2 is 1.85 bits per heavy atom. The van der Waals surface area contributed by atoms with Crippen molar-refractivity contribution in [2.45, 2.75) is 13.8 Å². The number of hydrogen-bond acceptors (Lipinski definition) is 6. The molecule has 0 spiro atoms. The van der Waals surface area contributed by atoms with E-state index < -0.39 is 0 Å². The van der Waals surface area contributed by atoms with Gasteiger partial charge in [0.2, 0.25) is 5.95 Å². The highest BCUT2D eigenvalue weighted by Gasteiger charge is 2.17. The van der Waals surface area contributed by atoms with Crippen LogP contribution in [0.2, 0.25) is 5.15 Å². The van der Waals surface area contributed by atoms with Gasteiger partial charge < -0.3 is 4.90 Å². The van der Waals surface area contributed by atoms with Gasteiger partial charge in [-0.15, -0.1) is 11.3 Å². The molecule has 2 aromatic rings. The summed E-state index contributed by atoms with van der Waals surface area (Å²) < 4.78 is 0. The third-order valence-corrected chi connectivity index (χ3v) is 5.12. The number of thiophene rings is 1. The molecule has 7 heteroatoms. The van der Waals surface area contributed by atoms with Crippen molar-refractivity contribution in [3.63, 3.8) is 0 Å². The van der Waals surface area contributed by atoms with Crippen molar-refractivity contribution < 1.29 is 0 Å². The first-order valence-corrected chi connectivity index (χ1v) is 7.87. The Morgan fingerprint density at radius 3 is 2.55 bits per heavy atom. The highest BCUT2D eigenvalue weighted by atomic mass is 35.5. The zero-order valence-electron chi connectivity index (χ0n) is 11.9. The van der Waals surface area contributed by atoms with Crippen molar-refractivity contribution in [2.75, 3.05) is 38.7 Å². The van der Waals surface area contributed by atoms with Crippen LogP contribution in [0.3, 0.4) is 0 Å². The SMILES string of the molecule is Cc1sc2nc(NN3CCN(C)CC3)nc(Cl)c2c1C. The molecule has 0 amide bonds. The van der Waals surface area contributed by atoms with Gasteiger partial charge in [-0.3, -0.25) is 5.43 Å². The Kier molecular flexibility index (Phi) is 3.81. The second-order valence-electron chi connectivity index (χ2n) is 5.20. The van der Waals surface area contributed by atoms with Gasteiger partial charge in [-0.25, -0.2) is 9.99 Å². The van der Waals surface area contributed by atoms with Crippen molar-refractivity contribution in [2.24, 2.45) is 0 Å². The number of fused-ring (bicyclic) bond motifs is 1. The van der Waals surface area contributed by atoms with Crippen LogP contribution in [0.4, 0.5) is 5.95 Å². The Labute approximate surface area is 127 Å². The van der Waals surface area contributed by atoms with Crippen LogP contribution in [0.1, 0.15) is 10.4 Å². The van der Waals surface area contributed by atoms with E-state index in [4.69, 9.17) is 11.6 Å². The minimum atomic E-state index is 0.536. The number of nitrogens with one attached hydrogen (secondary N) is 1. The molecule has 1 N–H and O–H groups in total. The molecular formula is C13H18ClN5S. The molecule has 3 rings (SSSR count). The van der Waals surface area contributed by atoms with E-state index >= 15 is 0 Å². The Bertz CT molecular complexity index is 633. The van der Waals surface area contributed by atoms with Crippen LogP contribution in [0.15, 0.2) is 0 Å². The van der Waals surface area contributed by atoms with E-state index in [0.29, 0.717) is 11.1 Å². The molecule has 1 aliphatic rings. The summed E-state index contributed by atoms with van der Waals surface area (Å²) in [7, 11) is 2.13. The first kappa shape index (κ1) is 14.0. The molecule has 0 aliphatic carbocycles. The molecule has 0 unspecified atom stereocenters. The van der Waals surface area contributed by atoms with Crippen molar-refractivity contribution >= 4 is 39.1 Å². The molecule has 0 radical (unpaired) electrons. The molecule has 1 aliphatic heterocycles. The Morgan fingerprint density at radius 1 is 1.15 bits per heavy atom. The van der Waals surface area contributed by atoms with Crippen LogP contribution >= 0.6 is 22.9 Å². The van der Waals surface area contributed by atoms with Crippen molar-refractivity contribution in [3.05, 3.63) is 15.6 Å². The number of aromatic nitrogens is 2. The van der Waals surface area contributed by atoms with Gasteiger partial charge in [-0.2, -0.15) is 4.98 Å². The Balaban J connectivity index is 1.85. The van der Waals surface area contributed by atoms with Crippen LogP contribution in [0.5, 0.6) is 0 Å². The summed E-state index contributed by atoms with van der Waals surface area (Å²) in [5.41, 5.74) is 4.45. The Hall–Kier alpha value is -0.950. The highest BCUT2D eigenvalue weighted by molar-refractivity contribution is 7.18. The van der Waals surface area contributed by atoms with Gasteiger partial charge in [0.25, 0.3) is 0 Å². The van der Waals surface area contributed by atoms with Crippen molar-refractivity contribution in [1.82, 2.24) is 19.9 Å². The van der Waals surface area contributed by atoms with Crippen LogP contribution in [0.25, 0.3) is 10.2 Å². The smallest absolute Gasteiger partial charge is 0.240 e. The summed E-state index contributed by atoms with van der Waals surface area (Å²) in [6, 6.07) is 0. The molecule has 1 saturated heterocycles. The lowest BCUT2D eigenvalue weighted by atomic mass is 10.2. The van der Waals surface area contributed by atoms with Crippen LogP contribution in [0, 0.1) is 13.8 Å². The maximum Gasteiger partial charge on any atom is 0.240 e. The average Bonchev–Trinajstić information content (AvgIpc) is 2.68. The van der Waals surface area contributed by atoms with E-state index in [2.05, 4.69) is 46.2 Å². The maximum atomic E-state index is 6.31. The predicted octanol–water partition coefficient (Wildman–Crippen LogP) is 2.54. The number of hydrazine groups is 1. The van der Waals surface area contributed by atoms with Gasteiger partial charge in [0.05, 0.1) is 5.39 Å². The summed E-state index contributed by atoms with van der Waals surface area (Å²) in [6.07, 6.45) is 0. The van der Waals surface area contributed by atoms with Gasteiger partial charge in [-0.1, -0.05) is 11.6 Å². The summed E-state index contributed by atoms with van der Waals surface area (Å²) in [5.74, 6) is 0.591. The first-order valence-electron chi connectivity index (χ1n) is 6.68. The molecule has 1 fully saturated rings. The number of halogens is 1. The lowest BCUT2D eigenvalue weighted by Gasteiger charge is -2.32. The quantitative estimate of drug-likeness (QED) is 0.864. The summed E-state index contributed by atoms with van der Waals surface area (Å²) in [5, 5.41) is 3.66. The topological polar surface area (TPSA) is 44.3 Å². The standard InChI is InChI=1S/C13H18ClN5S/c1-8-9(2)20-12-10(8)11(14)15-13(16-12)17-19-6-4-18(3)5-7-19/h4-7H2,1-3H3,(H,15,16,17). The van der Waals surface area contributed by atoms with Gasteiger partial charge in [0.15, 0.2) is 0 Å². The fraction of sp³-hybridized carbons (Fsp3) is 0.538. The number of rotatable bonds is 2. The first-order chi connectivity index (χ1) is 9.54. The van der Waals surface area contributed by atoms with Gasteiger partial charge in [-0.05, 0) is 26.5 Å². The highest BCUT2D eigenvalue weighted by Crippen LogP contribution is 2.33. The van der Waals surface area contributed by atoms with Gasteiger partial charge in [0.1, 0.15) is 9.98 Å². The van der Waals surface area contributed by atoms with Gasteiger partial charge in [0, 0.05) is 31.1 Å². The molecule has 0 aromatic carbocycles. The third-order valence-electron chi connectivity index (χ3n) is 3.75. The molecular weight excluding hydrogens is 294 g/mol. The van der Waals surface area contributed by atoms with Crippen LogP contribution in [-0.4, -0.2) is 53.1 Å². The number of anilines is 1. The monoisotopic (exact) mass is 311 g/mol. The summed E-state index contributed by atoms with van der Waals surface area (Å²) >= 11 is 7.98. The number of piperazine rings is 1. The summed E-state index contributed by atoms with van der Waals surface area (Å²) in [4.78, 5) is 13.5.